The van der Waals surface area contributed by atoms with E-state index in [0.29, 0.717) is 11.3 Å². The minimum Gasteiger partial charge on any atom is -0.457 e. The third-order valence-corrected chi connectivity index (χ3v) is 2.51. The second-order valence-corrected chi connectivity index (χ2v) is 3.91. The van der Waals surface area contributed by atoms with Crippen molar-refractivity contribution in [1.82, 2.24) is 0 Å². The zero-order chi connectivity index (χ0) is 14.6. The highest BCUT2D eigenvalue weighted by atomic mass is 19.4. The number of hydrogen-bond donors (Lipinski definition) is 1. The zero-order valence-electron chi connectivity index (χ0n) is 10.1. The van der Waals surface area contributed by atoms with E-state index in [9.17, 15) is 13.2 Å². The topological polar surface area (TPSA) is 41.8 Å². The molecular weight excluding hydrogens is 271 g/mol. The Hall–Kier alpha value is -2.50. The molecule has 2 aromatic rings. The molecule has 0 bridgehead atoms. The van der Waals surface area contributed by atoms with E-state index in [-0.39, 0.29) is 5.75 Å². The van der Waals surface area contributed by atoms with Gasteiger partial charge in [0.15, 0.2) is 0 Å². The molecule has 0 aliphatic carbocycles. The first-order valence-electron chi connectivity index (χ1n) is 5.62. The van der Waals surface area contributed by atoms with Gasteiger partial charge in [0.1, 0.15) is 11.5 Å². The van der Waals surface area contributed by atoms with E-state index in [1.807, 2.05) is 0 Å². The molecule has 0 aromatic heterocycles. The third-order valence-electron chi connectivity index (χ3n) is 2.51. The normalized spacial score (nSPS) is 11.8. The van der Waals surface area contributed by atoms with Gasteiger partial charge in [-0.25, -0.2) is 0 Å². The Bertz CT molecular complexity index is 624. The lowest BCUT2D eigenvalue weighted by molar-refractivity contribution is -0.137. The average Bonchev–Trinajstić information content (AvgIpc) is 2.41. The Morgan fingerprint density at radius 2 is 1.80 bits per heavy atom. The highest BCUT2D eigenvalue weighted by Gasteiger charge is 2.30. The van der Waals surface area contributed by atoms with E-state index in [2.05, 4.69) is 5.16 Å². The second kappa shape index (κ2) is 5.64. The van der Waals surface area contributed by atoms with Gasteiger partial charge in [-0.15, -0.1) is 0 Å². The van der Waals surface area contributed by atoms with Gasteiger partial charge in [0, 0.05) is 5.56 Å². The number of ether oxygens (including phenoxy) is 1. The standard InChI is InChI=1S/C14H10F3NO2/c15-14(16,17)11-5-3-6-12(8-11)20-13-7-2-1-4-10(13)9-18-19/h1-9,19H. The van der Waals surface area contributed by atoms with Crippen molar-refractivity contribution in [3.63, 3.8) is 0 Å². The van der Waals surface area contributed by atoms with E-state index >= 15 is 0 Å². The van der Waals surface area contributed by atoms with Crippen LogP contribution >= 0.6 is 0 Å². The summed E-state index contributed by atoms with van der Waals surface area (Å²) in [4.78, 5) is 0. The maximum atomic E-state index is 12.6. The molecular formula is C14H10F3NO2. The van der Waals surface area contributed by atoms with Crippen LogP contribution in [0.15, 0.2) is 53.7 Å². The van der Waals surface area contributed by atoms with Crippen molar-refractivity contribution in [3.05, 3.63) is 59.7 Å². The Labute approximate surface area is 112 Å². The number of rotatable bonds is 3. The van der Waals surface area contributed by atoms with E-state index < -0.39 is 11.7 Å². The summed E-state index contributed by atoms with van der Waals surface area (Å²) >= 11 is 0. The highest BCUT2D eigenvalue weighted by molar-refractivity contribution is 5.83. The van der Waals surface area contributed by atoms with Crippen molar-refractivity contribution in [2.75, 3.05) is 0 Å². The number of nitrogens with zero attached hydrogens (tertiary/aromatic N) is 1. The fourth-order valence-electron chi connectivity index (χ4n) is 1.61. The van der Waals surface area contributed by atoms with Crippen LogP contribution in [0.25, 0.3) is 0 Å². The van der Waals surface area contributed by atoms with Crippen molar-refractivity contribution in [2.24, 2.45) is 5.16 Å². The number of para-hydroxylation sites is 1. The number of benzene rings is 2. The van der Waals surface area contributed by atoms with Crippen LogP contribution in [-0.4, -0.2) is 11.4 Å². The molecule has 0 spiro atoms. The molecule has 0 saturated carbocycles. The van der Waals surface area contributed by atoms with Crippen LogP contribution in [-0.2, 0) is 6.18 Å². The summed E-state index contributed by atoms with van der Waals surface area (Å²) in [5.41, 5.74) is -0.337. The first-order chi connectivity index (χ1) is 9.50. The molecule has 0 saturated heterocycles. The molecule has 6 heteroatoms. The SMILES string of the molecule is ON=Cc1ccccc1Oc1cccc(C(F)(F)F)c1. The molecule has 104 valence electrons. The van der Waals surface area contributed by atoms with Gasteiger partial charge in [-0.3, -0.25) is 0 Å². The van der Waals surface area contributed by atoms with Gasteiger partial charge in [0.2, 0.25) is 0 Å². The van der Waals surface area contributed by atoms with Crippen LogP contribution < -0.4 is 4.74 Å². The smallest absolute Gasteiger partial charge is 0.416 e. The summed E-state index contributed by atoms with van der Waals surface area (Å²) in [6.45, 7) is 0. The highest BCUT2D eigenvalue weighted by Crippen LogP contribution is 2.33. The predicted octanol–water partition coefficient (Wildman–Crippen LogP) is 4.31. The first kappa shape index (κ1) is 13.9. The van der Waals surface area contributed by atoms with Crippen LogP contribution in [0.4, 0.5) is 13.2 Å². The van der Waals surface area contributed by atoms with Crippen LogP contribution in [0.1, 0.15) is 11.1 Å². The first-order valence-corrected chi connectivity index (χ1v) is 5.62. The van der Waals surface area contributed by atoms with Crippen LogP contribution in [0.2, 0.25) is 0 Å². The lowest BCUT2D eigenvalue weighted by Gasteiger charge is -2.11. The summed E-state index contributed by atoms with van der Waals surface area (Å²) in [5, 5.41) is 11.4. The largest absolute Gasteiger partial charge is 0.457 e. The third kappa shape index (κ3) is 3.28. The number of oxime groups is 1. The van der Waals surface area contributed by atoms with Crippen LogP contribution in [0.5, 0.6) is 11.5 Å². The Morgan fingerprint density at radius 1 is 1.05 bits per heavy atom. The predicted molar refractivity (Wildman–Crippen MR) is 67.3 cm³/mol. The summed E-state index contributed by atoms with van der Waals surface area (Å²) in [5.74, 6) is 0.350. The molecule has 0 amide bonds. The summed E-state index contributed by atoms with van der Waals surface area (Å²) in [6.07, 6.45) is -3.28. The van der Waals surface area contributed by atoms with Crippen molar-refractivity contribution in [3.8, 4) is 11.5 Å². The molecule has 3 nitrogen and oxygen atoms in total. The minimum absolute atomic E-state index is 0.0543. The van der Waals surface area contributed by atoms with Gasteiger partial charge in [-0.2, -0.15) is 13.2 Å². The van der Waals surface area contributed by atoms with Crippen molar-refractivity contribution >= 4 is 6.21 Å². The Balaban J connectivity index is 2.31. The number of halogens is 3. The van der Waals surface area contributed by atoms with Gasteiger partial charge in [0.05, 0.1) is 11.8 Å². The van der Waals surface area contributed by atoms with E-state index in [1.165, 1.54) is 12.1 Å². The van der Waals surface area contributed by atoms with E-state index in [4.69, 9.17) is 9.94 Å². The summed E-state index contributed by atoms with van der Waals surface area (Å²) < 4.78 is 43.2. The molecule has 1 N–H and O–H groups in total. The van der Waals surface area contributed by atoms with E-state index in [1.54, 1.807) is 24.3 Å². The van der Waals surface area contributed by atoms with Gasteiger partial charge >= 0.3 is 6.18 Å². The average molecular weight is 281 g/mol. The lowest BCUT2D eigenvalue weighted by Crippen LogP contribution is -2.04. The molecule has 0 atom stereocenters. The molecule has 2 aromatic carbocycles. The Morgan fingerprint density at radius 3 is 2.50 bits per heavy atom. The molecule has 0 heterocycles. The minimum atomic E-state index is -4.43. The monoisotopic (exact) mass is 281 g/mol. The van der Waals surface area contributed by atoms with Gasteiger partial charge in [0.25, 0.3) is 0 Å². The molecule has 0 fully saturated rings. The van der Waals surface area contributed by atoms with Gasteiger partial charge < -0.3 is 9.94 Å². The molecule has 20 heavy (non-hydrogen) atoms. The lowest BCUT2D eigenvalue weighted by atomic mass is 10.2. The van der Waals surface area contributed by atoms with Crippen molar-refractivity contribution < 1.29 is 23.1 Å². The maximum absolute atomic E-state index is 12.6. The van der Waals surface area contributed by atoms with Crippen LogP contribution in [0, 0.1) is 0 Å². The number of hydrogen-bond acceptors (Lipinski definition) is 3. The molecule has 2 rings (SSSR count). The fourth-order valence-corrected chi connectivity index (χ4v) is 1.61. The molecule has 0 unspecified atom stereocenters. The molecule has 0 aliphatic heterocycles. The van der Waals surface area contributed by atoms with Gasteiger partial charge in [-0.1, -0.05) is 23.4 Å². The fraction of sp³-hybridized carbons (Fsp3) is 0.0714. The zero-order valence-corrected chi connectivity index (χ0v) is 10.1. The van der Waals surface area contributed by atoms with E-state index in [0.717, 1.165) is 18.3 Å². The molecule has 0 aliphatic rings. The van der Waals surface area contributed by atoms with Crippen LogP contribution in [0.3, 0.4) is 0 Å². The van der Waals surface area contributed by atoms with Gasteiger partial charge in [-0.05, 0) is 30.3 Å². The Kier molecular flexibility index (Phi) is 3.93. The summed E-state index contributed by atoms with van der Waals surface area (Å²) in [7, 11) is 0. The summed E-state index contributed by atoms with van der Waals surface area (Å²) in [6, 6.07) is 11.1. The quantitative estimate of drug-likeness (QED) is 0.517. The van der Waals surface area contributed by atoms with Crippen molar-refractivity contribution in [2.45, 2.75) is 6.18 Å². The number of alkyl halides is 3. The maximum Gasteiger partial charge on any atom is 0.416 e. The second-order valence-electron chi connectivity index (χ2n) is 3.91. The van der Waals surface area contributed by atoms with Crippen molar-refractivity contribution in [1.29, 1.82) is 0 Å². The molecule has 0 radical (unpaired) electrons.